The molecular weight excluding hydrogens is 375 g/mol. The van der Waals surface area contributed by atoms with E-state index in [1.54, 1.807) is 24.4 Å². The number of benzene rings is 2. The maximum Gasteiger partial charge on any atom is 0.415 e. The second-order valence-corrected chi connectivity index (χ2v) is 7.92. The average molecular weight is 394 g/mol. The molecule has 2 amide bonds. The number of carbonyl (C=O) groups is 2. The van der Waals surface area contributed by atoms with Gasteiger partial charge in [0.05, 0.1) is 5.60 Å². The Balaban J connectivity index is 1.59. The number of alkyl carbamates (subject to hydrolysis) is 1. The number of imide groups is 1. The van der Waals surface area contributed by atoms with Crippen molar-refractivity contribution in [3.8, 4) is 11.1 Å². The standard InChI is InChI=1S/C22H19FN2O4/c1-21(19(26)25-20(27)29-21)16-11-24-18-10-17(23)14(9-15(16)18)12-3-5-13(6-4-12)22(28)7-2-8-22/h3-6,9-11,24,28H,2,7-8H2,1H3,(H,25,26,27)/t21-/m0/s1. The average Bonchev–Trinajstić information content (AvgIpc) is 3.19. The molecule has 6 nitrogen and oxygen atoms in total. The van der Waals surface area contributed by atoms with Crippen LogP contribution in [0.5, 0.6) is 0 Å². The number of aromatic amines is 1. The Morgan fingerprint density at radius 3 is 2.45 bits per heavy atom. The van der Waals surface area contributed by atoms with E-state index in [4.69, 9.17) is 4.74 Å². The largest absolute Gasteiger partial charge is 0.428 e. The number of ether oxygens (including phenoxy) is 1. The third kappa shape index (κ3) is 2.57. The smallest absolute Gasteiger partial charge is 0.415 e. The van der Waals surface area contributed by atoms with Gasteiger partial charge in [0.15, 0.2) is 0 Å². The summed E-state index contributed by atoms with van der Waals surface area (Å²) in [5, 5.41) is 13.2. The van der Waals surface area contributed by atoms with Crippen LogP contribution in [-0.4, -0.2) is 22.1 Å². The van der Waals surface area contributed by atoms with Crippen LogP contribution >= 0.6 is 0 Å². The number of carbonyl (C=O) groups excluding carboxylic acids is 2. The Hall–Kier alpha value is -3.19. The highest BCUT2D eigenvalue weighted by molar-refractivity contribution is 6.05. The molecule has 1 saturated heterocycles. The zero-order chi connectivity index (χ0) is 20.4. The van der Waals surface area contributed by atoms with Crippen LogP contribution in [0.2, 0.25) is 0 Å². The zero-order valence-electron chi connectivity index (χ0n) is 15.7. The van der Waals surface area contributed by atoms with Crippen molar-refractivity contribution in [1.29, 1.82) is 0 Å². The maximum absolute atomic E-state index is 14.8. The fourth-order valence-corrected chi connectivity index (χ4v) is 4.17. The first-order valence-electron chi connectivity index (χ1n) is 9.49. The summed E-state index contributed by atoms with van der Waals surface area (Å²) in [7, 11) is 0. The van der Waals surface area contributed by atoms with Gasteiger partial charge in [0.1, 0.15) is 5.82 Å². The molecule has 2 fully saturated rings. The summed E-state index contributed by atoms with van der Waals surface area (Å²) >= 11 is 0. The van der Waals surface area contributed by atoms with Crippen molar-refractivity contribution in [2.75, 3.05) is 0 Å². The number of hydrogen-bond acceptors (Lipinski definition) is 4. The summed E-state index contributed by atoms with van der Waals surface area (Å²) in [5.74, 6) is -0.980. The lowest BCUT2D eigenvalue weighted by Gasteiger charge is -2.37. The molecule has 1 aliphatic heterocycles. The fraction of sp³-hybridized carbons (Fsp3) is 0.273. The quantitative estimate of drug-likeness (QED) is 0.630. The Morgan fingerprint density at radius 1 is 1.14 bits per heavy atom. The van der Waals surface area contributed by atoms with E-state index in [9.17, 15) is 19.1 Å². The van der Waals surface area contributed by atoms with Crippen molar-refractivity contribution in [3.63, 3.8) is 0 Å². The summed E-state index contributed by atoms with van der Waals surface area (Å²) in [6.07, 6.45) is 3.22. The van der Waals surface area contributed by atoms with Gasteiger partial charge in [-0.2, -0.15) is 0 Å². The van der Waals surface area contributed by atoms with Crippen LogP contribution in [0.3, 0.4) is 0 Å². The minimum absolute atomic E-state index is 0.360. The third-order valence-corrected chi connectivity index (χ3v) is 6.14. The lowest BCUT2D eigenvalue weighted by molar-refractivity contribution is -0.130. The van der Waals surface area contributed by atoms with Gasteiger partial charge in [-0.15, -0.1) is 0 Å². The van der Waals surface area contributed by atoms with Crippen molar-refractivity contribution in [2.24, 2.45) is 0 Å². The summed E-state index contributed by atoms with van der Waals surface area (Å²) in [5.41, 5.74) is 0.542. The van der Waals surface area contributed by atoms with Gasteiger partial charge in [0, 0.05) is 28.2 Å². The first-order chi connectivity index (χ1) is 13.8. The van der Waals surface area contributed by atoms with E-state index in [-0.39, 0.29) is 0 Å². The van der Waals surface area contributed by atoms with Crippen LogP contribution in [0.4, 0.5) is 9.18 Å². The first-order valence-corrected chi connectivity index (χ1v) is 9.49. The van der Waals surface area contributed by atoms with Crippen LogP contribution in [0.1, 0.15) is 37.3 Å². The fourth-order valence-electron chi connectivity index (χ4n) is 4.17. The first kappa shape index (κ1) is 17.9. The van der Waals surface area contributed by atoms with Gasteiger partial charge in [-0.3, -0.25) is 10.1 Å². The number of aliphatic hydroxyl groups is 1. The van der Waals surface area contributed by atoms with E-state index in [0.29, 0.717) is 27.6 Å². The van der Waals surface area contributed by atoms with Gasteiger partial charge in [-0.05, 0) is 49.4 Å². The number of amides is 2. The highest BCUT2D eigenvalue weighted by Crippen LogP contribution is 2.42. The molecule has 1 aliphatic carbocycles. The van der Waals surface area contributed by atoms with Crippen LogP contribution < -0.4 is 5.32 Å². The molecule has 5 rings (SSSR count). The maximum atomic E-state index is 14.8. The molecule has 148 valence electrons. The predicted molar refractivity (Wildman–Crippen MR) is 103 cm³/mol. The minimum Gasteiger partial charge on any atom is -0.428 e. The SMILES string of the molecule is C[C@@]1(c2c[nH]c3cc(F)c(-c4ccc(C5(O)CCC5)cc4)cc23)OC(=O)NC1=O. The highest BCUT2D eigenvalue weighted by atomic mass is 19.1. The van der Waals surface area contributed by atoms with E-state index in [2.05, 4.69) is 10.3 Å². The number of cyclic esters (lactones) is 1. The molecule has 3 N–H and O–H groups in total. The molecule has 29 heavy (non-hydrogen) atoms. The van der Waals surface area contributed by atoms with Gasteiger partial charge in [0.25, 0.3) is 5.91 Å². The van der Waals surface area contributed by atoms with Crippen molar-refractivity contribution in [1.82, 2.24) is 10.3 Å². The lowest BCUT2D eigenvalue weighted by atomic mass is 9.75. The molecule has 2 heterocycles. The second kappa shape index (κ2) is 5.90. The van der Waals surface area contributed by atoms with Crippen molar-refractivity contribution < 1.29 is 23.8 Å². The second-order valence-electron chi connectivity index (χ2n) is 7.92. The highest BCUT2D eigenvalue weighted by Gasteiger charge is 2.47. The normalized spacial score (nSPS) is 23.0. The van der Waals surface area contributed by atoms with E-state index in [1.807, 2.05) is 12.1 Å². The Morgan fingerprint density at radius 2 is 1.86 bits per heavy atom. The number of H-pyrrole nitrogens is 1. The number of rotatable bonds is 3. The van der Waals surface area contributed by atoms with Gasteiger partial charge in [0.2, 0.25) is 5.60 Å². The van der Waals surface area contributed by atoms with E-state index < -0.39 is 29.0 Å². The summed E-state index contributed by atoms with van der Waals surface area (Å²) in [6.45, 7) is 1.51. The molecular formula is C22H19FN2O4. The van der Waals surface area contributed by atoms with E-state index in [1.165, 1.54) is 13.0 Å². The van der Waals surface area contributed by atoms with Crippen LogP contribution in [-0.2, 0) is 20.7 Å². The summed E-state index contributed by atoms with van der Waals surface area (Å²) in [6, 6.07) is 10.2. The topological polar surface area (TPSA) is 91.4 Å². The number of halogens is 1. The van der Waals surface area contributed by atoms with Gasteiger partial charge < -0.3 is 14.8 Å². The van der Waals surface area contributed by atoms with Crippen LogP contribution in [0.25, 0.3) is 22.0 Å². The molecule has 1 saturated carbocycles. The van der Waals surface area contributed by atoms with Crippen LogP contribution in [0.15, 0.2) is 42.6 Å². The van der Waals surface area contributed by atoms with E-state index >= 15 is 0 Å². The van der Waals surface area contributed by atoms with Gasteiger partial charge >= 0.3 is 6.09 Å². The molecule has 7 heteroatoms. The van der Waals surface area contributed by atoms with Crippen molar-refractivity contribution >= 4 is 22.9 Å². The molecule has 2 aromatic carbocycles. The Bertz CT molecular complexity index is 1160. The number of hydrogen-bond donors (Lipinski definition) is 3. The van der Waals surface area contributed by atoms with Gasteiger partial charge in [-0.1, -0.05) is 24.3 Å². The number of aromatic nitrogens is 1. The number of nitrogens with one attached hydrogen (secondary N) is 2. The Labute approximate surface area is 165 Å². The Kier molecular flexibility index (Phi) is 3.64. The lowest BCUT2D eigenvalue weighted by Crippen LogP contribution is -2.33. The monoisotopic (exact) mass is 394 g/mol. The molecule has 0 radical (unpaired) electrons. The molecule has 1 atom stereocenters. The third-order valence-electron chi connectivity index (χ3n) is 6.14. The molecule has 2 aliphatic rings. The van der Waals surface area contributed by atoms with Crippen molar-refractivity contribution in [2.45, 2.75) is 37.4 Å². The number of fused-ring (bicyclic) bond motifs is 1. The van der Waals surface area contributed by atoms with Crippen LogP contribution in [0, 0.1) is 5.82 Å². The molecule has 0 bridgehead atoms. The minimum atomic E-state index is -1.48. The molecule has 0 spiro atoms. The molecule has 3 aromatic rings. The zero-order valence-corrected chi connectivity index (χ0v) is 15.7. The summed E-state index contributed by atoms with van der Waals surface area (Å²) in [4.78, 5) is 26.8. The predicted octanol–water partition coefficient (Wildman–Crippen LogP) is 3.83. The summed E-state index contributed by atoms with van der Waals surface area (Å²) < 4.78 is 20.0. The molecule has 0 unspecified atom stereocenters. The molecule has 1 aromatic heterocycles. The van der Waals surface area contributed by atoms with Crippen molar-refractivity contribution in [3.05, 3.63) is 59.5 Å². The van der Waals surface area contributed by atoms with Gasteiger partial charge in [-0.25, -0.2) is 9.18 Å². The van der Waals surface area contributed by atoms with E-state index in [0.717, 1.165) is 24.8 Å².